The van der Waals surface area contributed by atoms with Crippen LogP contribution < -0.4 is 20.7 Å². The van der Waals surface area contributed by atoms with Gasteiger partial charge in [0.1, 0.15) is 39.8 Å². The number of nitrogens with one attached hydrogen (secondary N) is 3. The summed E-state index contributed by atoms with van der Waals surface area (Å²) in [6, 6.07) is 51.2. The molecule has 6 N–H and O–H groups in total. The van der Waals surface area contributed by atoms with E-state index in [1.165, 1.54) is 18.2 Å². The summed E-state index contributed by atoms with van der Waals surface area (Å²) >= 11 is 38.0. The normalized spacial score (nSPS) is 24.5. The fourth-order valence-electron chi connectivity index (χ4n) is 22.3. The molecule has 12 heterocycles. The fourth-order valence-corrected chi connectivity index (χ4v) is 23.3. The third kappa shape index (κ3) is 11.7. The summed E-state index contributed by atoms with van der Waals surface area (Å²) in [7, 11) is 0. The molecule has 0 bridgehead atoms. The Labute approximate surface area is 729 Å². The summed E-state index contributed by atoms with van der Waals surface area (Å²) in [5.74, 6) is -7.04. The Morgan fingerprint density at radius 2 is 0.789 bits per heavy atom. The van der Waals surface area contributed by atoms with Gasteiger partial charge in [0.2, 0.25) is 17.7 Å². The van der Waals surface area contributed by atoms with Gasteiger partial charge >= 0.3 is 17.9 Å². The number of amides is 3. The van der Waals surface area contributed by atoms with Crippen LogP contribution in [0.5, 0.6) is 5.75 Å². The zero-order valence-corrected chi connectivity index (χ0v) is 69.9. The van der Waals surface area contributed by atoms with Crippen molar-refractivity contribution in [2.75, 3.05) is 35.6 Å². The van der Waals surface area contributed by atoms with E-state index in [2.05, 4.69) is 37.6 Å². The van der Waals surface area contributed by atoms with E-state index in [1.807, 2.05) is 70.4 Å². The van der Waals surface area contributed by atoms with Crippen molar-refractivity contribution in [3.05, 3.63) is 308 Å². The molecular formula is C92H71Cl6F3N12O10. The van der Waals surface area contributed by atoms with Crippen molar-refractivity contribution in [2.45, 2.75) is 124 Å². The van der Waals surface area contributed by atoms with Crippen LogP contribution in [0.1, 0.15) is 150 Å². The van der Waals surface area contributed by atoms with E-state index in [9.17, 15) is 44.1 Å². The highest BCUT2D eigenvalue weighted by Crippen LogP contribution is 2.68. The number of fused-ring (bicyclic) bond motifs is 21. The number of likely N-dealkylation sites (tertiary alicyclic amines) is 3. The molecule has 22 nitrogen and oxygen atoms in total. The average Bonchev–Trinajstić information content (AvgIpc) is 1.51. The molecule has 0 unspecified atom stereocenters. The number of carboxylic acid groups (broad SMARTS) is 3. The molecule has 3 fully saturated rings. The van der Waals surface area contributed by atoms with Crippen LogP contribution in [0.4, 0.5) is 30.2 Å². The van der Waals surface area contributed by atoms with E-state index in [-0.39, 0.29) is 67.6 Å². The minimum absolute atomic E-state index is 0.0159. The summed E-state index contributed by atoms with van der Waals surface area (Å²) in [6.45, 7) is 7.96. The van der Waals surface area contributed by atoms with Crippen molar-refractivity contribution in [2.24, 2.45) is 0 Å². The second kappa shape index (κ2) is 29.7. The number of benzene rings is 10. The fraction of sp³-hybridized carbons (Fsp3) is 0.250. The Balaban J connectivity index is 0.000000118. The maximum absolute atomic E-state index is 16.3. The summed E-state index contributed by atoms with van der Waals surface area (Å²) in [6.07, 6.45) is 2.41. The molecule has 622 valence electrons. The number of aromatic carboxylic acids is 3. The van der Waals surface area contributed by atoms with Crippen molar-refractivity contribution in [1.29, 1.82) is 0 Å². The predicted octanol–water partition coefficient (Wildman–Crippen LogP) is 18.8. The van der Waals surface area contributed by atoms with Crippen molar-refractivity contribution in [1.82, 2.24) is 44.0 Å². The number of hydrogen-bond donors (Lipinski definition) is 6. The molecule has 31 heteroatoms. The second-order valence-electron chi connectivity index (χ2n) is 32.4. The molecule has 9 aliphatic rings. The Bertz CT molecular complexity index is 6790. The van der Waals surface area contributed by atoms with Crippen molar-refractivity contribution in [3.63, 3.8) is 0 Å². The molecule has 123 heavy (non-hydrogen) atoms. The molecule has 3 saturated heterocycles. The smallest absolute Gasteiger partial charge is 0.335 e. The second-order valence-corrected chi connectivity index (χ2v) is 34.9. The monoisotopic (exact) mass is 1770 g/mol. The van der Waals surface area contributed by atoms with Gasteiger partial charge in [0, 0.05) is 144 Å². The highest BCUT2D eigenvalue weighted by atomic mass is 35.5. The van der Waals surface area contributed by atoms with E-state index in [4.69, 9.17) is 89.6 Å². The lowest BCUT2D eigenvalue weighted by atomic mass is 9.73. The van der Waals surface area contributed by atoms with Crippen LogP contribution in [-0.4, -0.2) is 133 Å². The van der Waals surface area contributed by atoms with Gasteiger partial charge in [-0.3, -0.25) is 43.1 Å². The Morgan fingerprint density at radius 3 is 1.15 bits per heavy atom. The van der Waals surface area contributed by atoms with Crippen LogP contribution >= 0.6 is 69.6 Å². The van der Waals surface area contributed by atoms with Crippen LogP contribution in [0.3, 0.4) is 0 Å². The quantitative estimate of drug-likeness (QED) is 0.0626. The number of ether oxygens (including phenoxy) is 1. The first kappa shape index (κ1) is 80.1. The number of hydrogen-bond acceptors (Lipinski definition) is 13. The number of carbonyl (C=O) groups excluding carboxylic acids is 3. The summed E-state index contributed by atoms with van der Waals surface area (Å²) in [4.78, 5) is 84.5. The van der Waals surface area contributed by atoms with Gasteiger partial charge < -0.3 is 36.0 Å². The van der Waals surface area contributed by atoms with Gasteiger partial charge in [0.15, 0.2) is 0 Å². The first-order valence-electron chi connectivity index (χ1n) is 40.2. The number of carbonyl (C=O) groups is 6. The highest BCUT2D eigenvalue weighted by Gasteiger charge is 2.73. The number of rotatable bonds is 13. The van der Waals surface area contributed by atoms with Crippen LogP contribution in [0.2, 0.25) is 30.1 Å². The molecule has 3 spiro atoms. The summed E-state index contributed by atoms with van der Waals surface area (Å²) < 4.78 is 59.6. The average molecular weight is 1770 g/mol. The van der Waals surface area contributed by atoms with Crippen molar-refractivity contribution >= 4 is 155 Å². The highest BCUT2D eigenvalue weighted by molar-refractivity contribution is 6.33. The predicted molar refractivity (Wildman–Crippen MR) is 460 cm³/mol. The van der Waals surface area contributed by atoms with Crippen molar-refractivity contribution < 1.29 is 62.0 Å². The Morgan fingerprint density at radius 1 is 0.439 bits per heavy atom. The lowest BCUT2D eigenvalue weighted by Crippen LogP contribution is -2.52. The minimum Gasteiger partial charge on any atom is -0.494 e. The number of halogens is 9. The number of carboxylic acids is 3. The Kier molecular flexibility index (Phi) is 19.3. The maximum Gasteiger partial charge on any atom is 0.335 e. The van der Waals surface area contributed by atoms with Gasteiger partial charge in [-0.05, 0) is 152 Å². The molecule has 10 aromatic carbocycles. The molecule has 3 amide bonds. The number of anilines is 3. The molecule has 13 aromatic rings. The molecule has 0 radical (unpaired) electrons. The largest absolute Gasteiger partial charge is 0.494 e. The topological polar surface area (TPSA) is 272 Å². The van der Waals surface area contributed by atoms with Gasteiger partial charge in [-0.15, -0.1) is 0 Å². The van der Waals surface area contributed by atoms with Crippen molar-refractivity contribution in [3.8, 4) is 5.75 Å². The third-order valence-corrected chi connectivity index (χ3v) is 28.2. The SMILES string of the molecule is CCCN1[C@H]2Cc3c4ccc(C(=O)O)cc4nn3[C@H]2[C@H](c2cccc(Cl)c2F)[C@]12C(=O)Nc1cc(Cl)ccc12.CCN1[C@H]2Cc3c4ccc(C(=O)O)cc4nn3[C@H]2[C@H](c2cccc(Cl)c2F)[C@]12C(=O)Nc1cc(Cl)ccc12.CCOc1cccc(CN2[C@H]3Cc4c5ccc(C(=O)O)cc5nn4[C@H]3[C@H](c3cccc(Cl)c3F)[C@]23C(=O)Nc2cc(Cl)ccc23)c1. The minimum atomic E-state index is -1.37. The zero-order chi connectivity index (χ0) is 85.6. The molecule has 22 rings (SSSR count). The summed E-state index contributed by atoms with van der Waals surface area (Å²) in [5.41, 5.74) is 6.83. The molecule has 0 saturated carbocycles. The number of nitrogens with zero attached hydrogens (tertiary/aromatic N) is 9. The Hall–Kier alpha value is -11.4. The van der Waals surface area contributed by atoms with E-state index in [1.54, 1.807) is 127 Å². The van der Waals surface area contributed by atoms with E-state index in [0.717, 1.165) is 56.4 Å². The molecule has 12 atom stereocenters. The molecule has 3 aromatic heterocycles. The van der Waals surface area contributed by atoms with E-state index in [0.29, 0.717) is 122 Å². The lowest BCUT2D eigenvalue weighted by molar-refractivity contribution is -0.128. The number of likely N-dealkylation sites (N-methyl/N-ethyl adjacent to an activating group) is 1. The first-order valence-corrected chi connectivity index (χ1v) is 42.4. The van der Waals surface area contributed by atoms with Gasteiger partial charge in [-0.2, -0.15) is 15.3 Å². The number of aromatic nitrogens is 6. The van der Waals surface area contributed by atoms with Gasteiger partial charge in [0.25, 0.3) is 0 Å². The third-order valence-electron chi connectivity index (χ3n) is 26.6. The lowest BCUT2D eigenvalue weighted by Gasteiger charge is -2.40. The van der Waals surface area contributed by atoms with E-state index < -0.39 is 87.9 Å². The van der Waals surface area contributed by atoms with Gasteiger partial charge in [-0.25, -0.2) is 27.6 Å². The van der Waals surface area contributed by atoms with E-state index >= 15 is 13.2 Å². The maximum atomic E-state index is 16.3. The standard InChI is InChI=1S/C35H27Cl2FN4O4.C29H23Cl2FN4O3.C28H21Cl2FN4O3/c1-2-46-21-6-3-5-18(13-21)17-41-29-16-28-22-11-9-19(33(43)44)14-26(22)40-42(28)32(29)30(23-7-4-8-25(37)31(23)38)35(41)24-12-10-20(36)15-27(24)39-34(35)45;1-2-10-35-23-13-22-16-8-6-14(27(37)38)11-20(16)34-36(22)26(23)24(17-4-3-5-19(31)25(17)32)29(35)18-9-7-15(30)12-21(18)33-28(29)39;1-2-34-22-12-21-15-8-6-13(26(36)37)10-19(15)33-35(21)25(22)23(16-4-3-5-18(30)24(16)31)28(34)17-9-7-14(29)11-20(17)32-27(28)38/h3-15,29-30,32H,2,16-17H2,1H3,(H,39,45)(H,43,44);3-9,11-12,23-24,26H,2,10,13H2,1H3,(H,33,39)(H,37,38);3-11,22-23,25H,2,12H2,1H3,(H,32,38)(H,36,37)/t29-,30-,32+,35+;23-,24-,26+,29+;22-,23-,25+,28+/m000/s1. The first-order chi connectivity index (χ1) is 59.2. The zero-order valence-electron chi connectivity index (χ0n) is 65.4. The molecular weight excluding hydrogens is 1700 g/mol. The molecule has 0 aliphatic carbocycles. The van der Waals surface area contributed by atoms with Gasteiger partial charge in [-0.1, -0.05) is 168 Å². The molecule has 9 aliphatic heterocycles. The van der Waals surface area contributed by atoms with Gasteiger partial charge in [0.05, 0.1) is 73.0 Å². The van der Waals surface area contributed by atoms with Crippen LogP contribution in [-0.2, 0) is 56.8 Å². The summed E-state index contributed by atoms with van der Waals surface area (Å²) in [5, 5.41) is 56.3. The van der Waals surface area contributed by atoms with Crippen LogP contribution in [0.15, 0.2) is 188 Å². The van der Waals surface area contributed by atoms with Crippen LogP contribution in [0, 0.1) is 17.5 Å². The van der Waals surface area contributed by atoms with Crippen LogP contribution in [0.25, 0.3) is 32.7 Å².